The first-order valence-corrected chi connectivity index (χ1v) is 8.75. The Morgan fingerprint density at radius 1 is 0.880 bits per heavy atom. The van der Waals surface area contributed by atoms with Crippen molar-refractivity contribution in [3.8, 4) is 0 Å². The number of nitrogens with one attached hydrogen (secondary N) is 1. The van der Waals surface area contributed by atoms with Gasteiger partial charge in [-0.2, -0.15) is 0 Å². The summed E-state index contributed by atoms with van der Waals surface area (Å²) in [5.74, 6) is -0.748. The predicted molar refractivity (Wildman–Crippen MR) is 101 cm³/mol. The van der Waals surface area contributed by atoms with Crippen molar-refractivity contribution in [3.63, 3.8) is 0 Å². The smallest absolute Gasteiger partial charge is 0.255 e. The quantitative estimate of drug-likeness (QED) is 0.639. The predicted octanol–water partition coefficient (Wildman–Crippen LogP) is 5.85. The van der Waals surface area contributed by atoms with Gasteiger partial charge in [0.25, 0.3) is 5.91 Å². The molecule has 0 aliphatic carbocycles. The number of amides is 1. The number of carbonyl (C=O) groups excluding carboxylic acids is 1. The molecule has 3 rings (SSSR count). The molecule has 0 aliphatic heterocycles. The van der Waals surface area contributed by atoms with Crippen LogP contribution in [0.2, 0.25) is 0 Å². The van der Waals surface area contributed by atoms with Gasteiger partial charge in [-0.05, 0) is 79.6 Å². The molecular weight excluding hydrogens is 333 g/mol. The molecule has 0 aromatic heterocycles. The molecule has 0 fully saturated rings. The molecule has 0 atom stereocenters. The highest BCUT2D eigenvalue weighted by molar-refractivity contribution is 7.99. The van der Waals surface area contributed by atoms with E-state index in [1.807, 2.05) is 24.3 Å². The fourth-order valence-corrected chi connectivity index (χ4v) is 3.27. The Kier molecular flexibility index (Phi) is 5.19. The van der Waals surface area contributed by atoms with E-state index < -0.39 is 5.82 Å². The standard InChI is InChI=1S/C21H18FNOS/c1-14-6-9-20(12-15(14)2)25-19-10-7-18(8-11-19)23-21(24)16-4-3-5-17(22)13-16/h3-13H,1-2H3,(H,23,24). The van der Waals surface area contributed by atoms with Crippen LogP contribution < -0.4 is 5.32 Å². The minimum atomic E-state index is -0.423. The summed E-state index contributed by atoms with van der Waals surface area (Å²) in [6, 6.07) is 19.6. The first-order chi connectivity index (χ1) is 12.0. The van der Waals surface area contributed by atoms with Crippen molar-refractivity contribution in [1.29, 1.82) is 0 Å². The maximum absolute atomic E-state index is 13.2. The number of benzene rings is 3. The van der Waals surface area contributed by atoms with Gasteiger partial charge in [-0.3, -0.25) is 4.79 Å². The minimum absolute atomic E-state index is 0.300. The van der Waals surface area contributed by atoms with Gasteiger partial charge in [-0.15, -0.1) is 0 Å². The molecule has 3 aromatic rings. The van der Waals surface area contributed by atoms with E-state index in [-0.39, 0.29) is 5.91 Å². The summed E-state index contributed by atoms with van der Waals surface area (Å²) in [7, 11) is 0. The molecule has 25 heavy (non-hydrogen) atoms. The van der Waals surface area contributed by atoms with Crippen molar-refractivity contribution in [2.45, 2.75) is 23.6 Å². The third kappa shape index (κ3) is 4.48. The average Bonchev–Trinajstić information content (AvgIpc) is 2.60. The molecule has 4 heteroatoms. The van der Waals surface area contributed by atoms with E-state index in [1.54, 1.807) is 17.8 Å². The molecule has 0 unspecified atom stereocenters. The largest absolute Gasteiger partial charge is 0.322 e. The van der Waals surface area contributed by atoms with E-state index in [9.17, 15) is 9.18 Å². The summed E-state index contributed by atoms with van der Waals surface area (Å²) < 4.78 is 13.2. The molecule has 0 saturated carbocycles. The lowest BCUT2D eigenvalue weighted by molar-refractivity contribution is 0.102. The molecule has 0 aliphatic rings. The zero-order valence-electron chi connectivity index (χ0n) is 14.0. The second-order valence-electron chi connectivity index (χ2n) is 5.84. The third-order valence-corrected chi connectivity index (χ3v) is 4.91. The van der Waals surface area contributed by atoms with Gasteiger partial charge < -0.3 is 5.32 Å². The zero-order valence-corrected chi connectivity index (χ0v) is 14.9. The van der Waals surface area contributed by atoms with Crippen LogP contribution in [0.1, 0.15) is 21.5 Å². The van der Waals surface area contributed by atoms with E-state index in [4.69, 9.17) is 0 Å². The van der Waals surface area contributed by atoms with Gasteiger partial charge in [0.05, 0.1) is 0 Å². The van der Waals surface area contributed by atoms with Crippen molar-refractivity contribution in [3.05, 3.63) is 89.2 Å². The van der Waals surface area contributed by atoms with Crippen molar-refractivity contribution in [2.24, 2.45) is 0 Å². The van der Waals surface area contributed by atoms with Crippen molar-refractivity contribution in [1.82, 2.24) is 0 Å². The number of hydrogen-bond acceptors (Lipinski definition) is 2. The zero-order chi connectivity index (χ0) is 17.8. The average molecular weight is 351 g/mol. The Bertz CT molecular complexity index is 906. The molecule has 0 heterocycles. The van der Waals surface area contributed by atoms with Crippen molar-refractivity contribution >= 4 is 23.4 Å². The van der Waals surface area contributed by atoms with Crippen LogP contribution in [0, 0.1) is 19.7 Å². The summed E-state index contributed by atoms with van der Waals surface area (Å²) in [5.41, 5.74) is 3.52. The molecule has 2 nitrogen and oxygen atoms in total. The highest BCUT2D eigenvalue weighted by Gasteiger charge is 2.07. The molecule has 126 valence electrons. The first-order valence-electron chi connectivity index (χ1n) is 7.93. The van der Waals surface area contributed by atoms with Gasteiger partial charge in [0.15, 0.2) is 0 Å². The minimum Gasteiger partial charge on any atom is -0.322 e. The van der Waals surface area contributed by atoms with Gasteiger partial charge in [-0.1, -0.05) is 23.9 Å². The normalized spacial score (nSPS) is 10.5. The first kappa shape index (κ1) is 17.2. The number of aryl methyl sites for hydroxylation is 2. The Labute approximate surface area is 151 Å². The van der Waals surface area contributed by atoms with Crippen LogP contribution in [0.3, 0.4) is 0 Å². The Morgan fingerprint density at radius 2 is 1.60 bits per heavy atom. The van der Waals surface area contributed by atoms with Gasteiger partial charge in [0, 0.05) is 21.0 Å². The molecular formula is C21H18FNOS. The van der Waals surface area contributed by atoms with E-state index >= 15 is 0 Å². The van der Waals surface area contributed by atoms with Crippen LogP contribution >= 0.6 is 11.8 Å². The van der Waals surface area contributed by atoms with Gasteiger partial charge in [0.1, 0.15) is 5.82 Å². The van der Waals surface area contributed by atoms with Crippen LogP contribution in [-0.2, 0) is 0 Å². The van der Waals surface area contributed by atoms with Gasteiger partial charge in [0.2, 0.25) is 0 Å². The molecule has 3 aromatic carbocycles. The number of hydrogen-bond donors (Lipinski definition) is 1. The topological polar surface area (TPSA) is 29.1 Å². The van der Waals surface area contributed by atoms with E-state index in [1.165, 1.54) is 34.2 Å². The van der Waals surface area contributed by atoms with Gasteiger partial charge >= 0.3 is 0 Å². The Hall–Kier alpha value is -2.59. The van der Waals surface area contributed by atoms with Gasteiger partial charge in [-0.25, -0.2) is 4.39 Å². The highest BCUT2D eigenvalue weighted by Crippen LogP contribution is 2.29. The van der Waals surface area contributed by atoms with E-state index in [2.05, 4.69) is 37.4 Å². The second-order valence-corrected chi connectivity index (χ2v) is 6.98. The second kappa shape index (κ2) is 7.53. The number of carbonyl (C=O) groups is 1. The summed E-state index contributed by atoms with van der Waals surface area (Å²) in [4.78, 5) is 14.4. The SMILES string of the molecule is Cc1ccc(Sc2ccc(NC(=O)c3cccc(F)c3)cc2)cc1C. The van der Waals surface area contributed by atoms with E-state index in [0.29, 0.717) is 11.3 Å². The van der Waals surface area contributed by atoms with Crippen LogP contribution in [-0.4, -0.2) is 5.91 Å². The highest BCUT2D eigenvalue weighted by atomic mass is 32.2. The third-order valence-electron chi connectivity index (χ3n) is 3.91. The molecule has 0 bridgehead atoms. The van der Waals surface area contributed by atoms with Crippen LogP contribution in [0.15, 0.2) is 76.5 Å². The number of anilines is 1. The monoisotopic (exact) mass is 351 g/mol. The molecule has 1 amide bonds. The Morgan fingerprint density at radius 3 is 2.28 bits per heavy atom. The number of rotatable bonds is 4. The van der Waals surface area contributed by atoms with Crippen LogP contribution in [0.5, 0.6) is 0 Å². The molecule has 1 N–H and O–H groups in total. The molecule has 0 radical (unpaired) electrons. The number of halogens is 1. The lowest BCUT2D eigenvalue weighted by Crippen LogP contribution is -2.11. The Balaban J connectivity index is 1.67. The van der Waals surface area contributed by atoms with Crippen molar-refractivity contribution < 1.29 is 9.18 Å². The summed E-state index contributed by atoms with van der Waals surface area (Å²) in [6.07, 6.45) is 0. The fourth-order valence-electron chi connectivity index (χ4n) is 2.35. The fraction of sp³-hybridized carbons (Fsp3) is 0.0952. The molecule has 0 spiro atoms. The van der Waals surface area contributed by atoms with Crippen LogP contribution in [0.4, 0.5) is 10.1 Å². The lowest BCUT2D eigenvalue weighted by Gasteiger charge is -2.08. The summed E-state index contributed by atoms with van der Waals surface area (Å²) in [5, 5.41) is 2.78. The summed E-state index contributed by atoms with van der Waals surface area (Å²) >= 11 is 1.67. The molecule has 0 saturated heterocycles. The van der Waals surface area contributed by atoms with E-state index in [0.717, 1.165) is 4.90 Å². The summed E-state index contributed by atoms with van der Waals surface area (Å²) in [6.45, 7) is 4.20. The maximum atomic E-state index is 13.2. The van der Waals surface area contributed by atoms with Crippen LogP contribution in [0.25, 0.3) is 0 Å². The maximum Gasteiger partial charge on any atom is 0.255 e. The lowest BCUT2D eigenvalue weighted by atomic mass is 10.1. The van der Waals surface area contributed by atoms with Crippen molar-refractivity contribution in [2.75, 3.05) is 5.32 Å².